The summed E-state index contributed by atoms with van der Waals surface area (Å²) in [7, 11) is 1.63. The van der Waals surface area contributed by atoms with E-state index in [0.717, 1.165) is 37.4 Å². The third kappa shape index (κ3) is 4.24. The first kappa shape index (κ1) is 17.8. The number of benzene rings is 1. The lowest BCUT2D eigenvalue weighted by molar-refractivity contribution is -0.122. The lowest BCUT2D eigenvalue weighted by atomic mass is 9.79. The molecule has 0 aliphatic carbocycles. The summed E-state index contributed by atoms with van der Waals surface area (Å²) < 4.78 is 5.14. The van der Waals surface area contributed by atoms with E-state index in [4.69, 9.17) is 10.5 Å². The van der Waals surface area contributed by atoms with E-state index in [2.05, 4.69) is 31.0 Å². The largest absolute Gasteiger partial charge is 0.497 e. The number of rotatable bonds is 5. The molecule has 1 fully saturated rings. The minimum atomic E-state index is -0.121. The van der Waals surface area contributed by atoms with Crippen molar-refractivity contribution >= 4 is 11.6 Å². The maximum atomic E-state index is 12.7. The fraction of sp³-hybridized carbons (Fsp3) is 0.611. The normalized spacial score (nSPS) is 22.4. The van der Waals surface area contributed by atoms with Gasteiger partial charge in [-0.1, -0.05) is 20.8 Å². The molecule has 5 heteroatoms. The van der Waals surface area contributed by atoms with Crippen LogP contribution in [0, 0.1) is 5.41 Å². The Labute approximate surface area is 139 Å². The number of amides is 1. The van der Waals surface area contributed by atoms with E-state index >= 15 is 0 Å². The van der Waals surface area contributed by atoms with E-state index in [-0.39, 0.29) is 23.4 Å². The first-order valence-corrected chi connectivity index (χ1v) is 8.32. The number of carbonyl (C=O) groups is 1. The van der Waals surface area contributed by atoms with Gasteiger partial charge in [-0.2, -0.15) is 0 Å². The third-order valence-corrected chi connectivity index (χ3v) is 4.83. The van der Waals surface area contributed by atoms with Gasteiger partial charge in [0.05, 0.1) is 13.2 Å². The Morgan fingerprint density at radius 1 is 1.43 bits per heavy atom. The lowest BCUT2D eigenvalue weighted by Gasteiger charge is -2.45. The monoisotopic (exact) mass is 319 g/mol. The number of ether oxygens (including phenoxy) is 1. The van der Waals surface area contributed by atoms with Crippen LogP contribution < -0.4 is 15.8 Å². The molecule has 1 saturated heterocycles. The second-order valence-electron chi connectivity index (χ2n) is 7.00. The molecule has 0 aromatic heterocycles. The maximum Gasteiger partial charge on any atom is 0.241 e. The Balaban J connectivity index is 2.03. The van der Waals surface area contributed by atoms with Crippen molar-refractivity contribution in [3.05, 3.63) is 24.3 Å². The summed E-state index contributed by atoms with van der Waals surface area (Å²) in [4.78, 5) is 14.9. The number of piperidine rings is 1. The summed E-state index contributed by atoms with van der Waals surface area (Å²) in [5.41, 5.74) is 7.03. The number of hydrogen-bond donors (Lipinski definition) is 2. The van der Waals surface area contributed by atoms with Gasteiger partial charge < -0.3 is 15.8 Å². The van der Waals surface area contributed by atoms with Crippen LogP contribution >= 0.6 is 0 Å². The van der Waals surface area contributed by atoms with Gasteiger partial charge in [0.25, 0.3) is 0 Å². The van der Waals surface area contributed by atoms with Gasteiger partial charge >= 0.3 is 0 Å². The zero-order valence-corrected chi connectivity index (χ0v) is 14.6. The molecule has 5 nitrogen and oxygen atoms in total. The van der Waals surface area contributed by atoms with Crippen LogP contribution in [0.2, 0.25) is 0 Å². The van der Waals surface area contributed by atoms with E-state index in [0.29, 0.717) is 0 Å². The third-order valence-electron chi connectivity index (χ3n) is 4.83. The van der Waals surface area contributed by atoms with Crippen LogP contribution in [0.25, 0.3) is 0 Å². The second-order valence-corrected chi connectivity index (χ2v) is 7.00. The van der Waals surface area contributed by atoms with E-state index in [1.807, 2.05) is 24.3 Å². The molecule has 1 aromatic rings. The molecule has 0 radical (unpaired) electrons. The van der Waals surface area contributed by atoms with Crippen LogP contribution in [0.4, 0.5) is 5.69 Å². The van der Waals surface area contributed by atoms with Crippen LogP contribution in [0.1, 0.15) is 33.6 Å². The van der Waals surface area contributed by atoms with Crippen molar-refractivity contribution in [3.63, 3.8) is 0 Å². The van der Waals surface area contributed by atoms with Crippen molar-refractivity contribution < 1.29 is 9.53 Å². The minimum Gasteiger partial charge on any atom is -0.497 e. The molecule has 0 spiro atoms. The summed E-state index contributed by atoms with van der Waals surface area (Å²) >= 11 is 0. The van der Waals surface area contributed by atoms with Crippen molar-refractivity contribution in [1.29, 1.82) is 0 Å². The van der Waals surface area contributed by atoms with E-state index in [1.165, 1.54) is 0 Å². The minimum absolute atomic E-state index is 0.0338. The lowest BCUT2D eigenvalue weighted by Crippen LogP contribution is -2.57. The van der Waals surface area contributed by atoms with Crippen molar-refractivity contribution in [2.75, 3.05) is 25.5 Å². The smallest absolute Gasteiger partial charge is 0.241 e. The average molecular weight is 319 g/mol. The van der Waals surface area contributed by atoms with Gasteiger partial charge in [0.15, 0.2) is 0 Å². The van der Waals surface area contributed by atoms with Crippen molar-refractivity contribution in [3.8, 4) is 5.75 Å². The quantitative estimate of drug-likeness (QED) is 0.875. The number of anilines is 1. The molecule has 1 amide bonds. The predicted molar refractivity (Wildman–Crippen MR) is 93.6 cm³/mol. The van der Waals surface area contributed by atoms with E-state index < -0.39 is 0 Å². The summed E-state index contributed by atoms with van der Waals surface area (Å²) in [6.45, 7) is 8.14. The van der Waals surface area contributed by atoms with Gasteiger partial charge in [0.2, 0.25) is 5.91 Å². The average Bonchev–Trinajstić information content (AvgIpc) is 2.52. The Morgan fingerprint density at radius 2 is 2.09 bits per heavy atom. The highest BCUT2D eigenvalue weighted by Crippen LogP contribution is 2.29. The van der Waals surface area contributed by atoms with Gasteiger partial charge in [0, 0.05) is 24.8 Å². The number of nitrogens with two attached hydrogens (primary N) is 1. The van der Waals surface area contributed by atoms with Gasteiger partial charge in [-0.05, 0) is 42.5 Å². The SMILES string of the molecule is CCC(C(=O)Nc1ccc(OC)cc1)N1CCC(N)C(C)(C)C1. The molecule has 1 aliphatic rings. The fourth-order valence-corrected chi connectivity index (χ4v) is 3.19. The molecule has 23 heavy (non-hydrogen) atoms. The standard InChI is InChI=1S/C18H29N3O2/c1-5-15(21-11-10-16(19)18(2,3)12-21)17(22)20-13-6-8-14(23-4)9-7-13/h6-9,15-16H,5,10-12,19H2,1-4H3,(H,20,22). The molecule has 1 heterocycles. The fourth-order valence-electron chi connectivity index (χ4n) is 3.19. The summed E-state index contributed by atoms with van der Waals surface area (Å²) in [6, 6.07) is 7.49. The number of likely N-dealkylation sites (tertiary alicyclic amines) is 1. The van der Waals surface area contributed by atoms with Crippen LogP contribution in [0.3, 0.4) is 0 Å². The highest BCUT2D eigenvalue weighted by Gasteiger charge is 2.37. The van der Waals surface area contributed by atoms with Crippen molar-refractivity contribution in [2.24, 2.45) is 11.1 Å². The topological polar surface area (TPSA) is 67.6 Å². The molecule has 0 bridgehead atoms. The van der Waals surface area contributed by atoms with Gasteiger partial charge in [-0.25, -0.2) is 0 Å². The zero-order chi connectivity index (χ0) is 17.0. The number of hydrogen-bond acceptors (Lipinski definition) is 4. The molecular weight excluding hydrogens is 290 g/mol. The highest BCUT2D eigenvalue weighted by atomic mass is 16.5. The Kier molecular flexibility index (Phi) is 5.65. The van der Waals surface area contributed by atoms with Crippen LogP contribution in [0.15, 0.2) is 24.3 Å². The Bertz CT molecular complexity index is 528. The van der Waals surface area contributed by atoms with Gasteiger partial charge in [-0.3, -0.25) is 9.69 Å². The van der Waals surface area contributed by atoms with Gasteiger partial charge in [-0.15, -0.1) is 0 Å². The molecule has 0 saturated carbocycles. The molecule has 2 unspecified atom stereocenters. The van der Waals surface area contributed by atoms with Crippen LogP contribution in [0.5, 0.6) is 5.75 Å². The van der Waals surface area contributed by atoms with Crippen LogP contribution in [-0.2, 0) is 4.79 Å². The van der Waals surface area contributed by atoms with E-state index in [1.54, 1.807) is 7.11 Å². The first-order chi connectivity index (χ1) is 10.9. The molecule has 3 N–H and O–H groups in total. The molecule has 2 atom stereocenters. The summed E-state index contributed by atoms with van der Waals surface area (Å²) in [5, 5.41) is 3.01. The molecule has 1 aliphatic heterocycles. The number of carbonyl (C=O) groups excluding carboxylic acids is 1. The molecule has 1 aromatic carbocycles. The number of methoxy groups -OCH3 is 1. The maximum absolute atomic E-state index is 12.7. The molecule has 128 valence electrons. The number of nitrogens with one attached hydrogen (secondary N) is 1. The summed E-state index contributed by atoms with van der Waals surface area (Å²) in [6.07, 6.45) is 1.71. The molecular formula is C18H29N3O2. The molecule has 2 rings (SSSR count). The first-order valence-electron chi connectivity index (χ1n) is 8.32. The highest BCUT2D eigenvalue weighted by molar-refractivity contribution is 5.94. The predicted octanol–water partition coefficient (Wildman–Crippen LogP) is 2.47. The van der Waals surface area contributed by atoms with Gasteiger partial charge in [0.1, 0.15) is 5.75 Å². The second kappa shape index (κ2) is 7.32. The van der Waals surface area contributed by atoms with Crippen LogP contribution in [-0.4, -0.2) is 43.1 Å². The zero-order valence-electron chi connectivity index (χ0n) is 14.6. The Hall–Kier alpha value is -1.59. The van der Waals surface area contributed by atoms with Crippen molar-refractivity contribution in [2.45, 2.75) is 45.7 Å². The number of nitrogens with zero attached hydrogens (tertiary/aromatic N) is 1. The Morgan fingerprint density at radius 3 is 2.61 bits per heavy atom. The van der Waals surface area contributed by atoms with Crippen molar-refractivity contribution in [1.82, 2.24) is 4.90 Å². The van der Waals surface area contributed by atoms with E-state index in [9.17, 15) is 4.79 Å². The summed E-state index contributed by atoms with van der Waals surface area (Å²) in [5.74, 6) is 0.825.